The van der Waals surface area contributed by atoms with E-state index in [9.17, 15) is 9.59 Å². The first-order valence-corrected chi connectivity index (χ1v) is 9.21. The smallest absolute Gasteiger partial charge is 0.410 e. The van der Waals surface area contributed by atoms with Crippen LogP contribution in [0.4, 0.5) is 4.79 Å². The Kier molecular flexibility index (Phi) is 3.74. The molecular weight excluding hydrogens is 342 g/mol. The van der Waals surface area contributed by atoms with Crippen molar-refractivity contribution in [3.63, 3.8) is 0 Å². The van der Waals surface area contributed by atoms with E-state index in [-0.39, 0.29) is 24.9 Å². The Morgan fingerprint density at radius 3 is 2.44 bits per heavy atom. The maximum atomic E-state index is 12.7. The number of rotatable bonds is 2. The largest absolute Gasteiger partial charge is 0.488 e. The number of Topliss-reactive ketones (excluding diaryl/α,β-unsaturated/α-hetero) is 1. The van der Waals surface area contributed by atoms with Gasteiger partial charge in [0.2, 0.25) is 0 Å². The van der Waals surface area contributed by atoms with Crippen LogP contribution in [-0.2, 0) is 14.3 Å². The van der Waals surface area contributed by atoms with E-state index in [1.54, 1.807) is 0 Å². The van der Waals surface area contributed by atoms with Gasteiger partial charge in [-0.3, -0.25) is 9.69 Å². The topological polar surface area (TPSA) is 55.8 Å². The van der Waals surface area contributed by atoms with Gasteiger partial charge in [0, 0.05) is 12.5 Å². The van der Waals surface area contributed by atoms with Crippen LogP contribution in [0.3, 0.4) is 0 Å². The predicted octanol–water partition coefficient (Wildman–Crippen LogP) is 3.49. The zero-order valence-corrected chi connectivity index (χ0v) is 14.8. The van der Waals surface area contributed by atoms with Crippen molar-refractivity contribution in [1.29, 1.82) is 0 Å². The van der Waals surface area contributed by atoms with Crippen molar-refractivity contribution in [2.45, 2.75) is 18.4 Å². The van der Waals surface area contributed by atoms with Gasteiger partial charge in [0.05, 0.1) is 0 Å². The molecule has 0 bridgehead atoms. The number of nitrogens with zero attached hydrogens (tertiary/aromatic N) is 1. The van der Waals surface area contributed by atoms with E-state index < -0.39 is 12.1 Å². The Balaban J connectivity index is 1.37. The maximum absolute atomic E-state index is 12.7. The number of fused-ring (bicyclic) bond motifs is 4. The molecule has 2 aliphatic heterocycles. The van der Waals surface area contributed by atoms with E-state index >= 15 is 0 Å². The van der Waals surface area contributed by atoms with Crippen molar-refractivity contribution < 1.29 is 19.1 Å². The highest BCUT2D eigenvalue weighted by Crippen LogP contribution is 2.44. The third-order valence-electron chi connectivity index (χ3n) is 5.55. The molecule has 27 heavy (non-hydrogen) atoms. The molecule has 1 fully saturated rings. The second kappa shape index (κ2) is 6.27. The lowest BCUT2D eigenvalue weighted by Gasteiger charge is -2.29. The maximum Gasteiger partial charge on any atom is 0.410 e. The van der Waals surface area contributed by atoms with Gasteiger partial charge in [-0.15, -0.1) is 0 Å². The van der Waals surface area contributed by atoms with Crippen molar-refractivity contribution in [2.24, 2.45) is 0 Å². The van der Waals surface area contributed by atoms with Crippen LogP contribution in [0.15, 0.2) is 60.4 Å². The van der Waals surface area contributed by atoms with E-state index in [1.807, 2.05) is 30.3 Å². The molecular formula is C22H19NO4. The SMILES string of the molecule is O=C1COC2=CCCN(C(=O)OCC3c4ccccc4-c4ccccc43)C12. The molecule has 0 N–H and O–H groups in total. The molecule has 0 spiro atoms. The van der Waals surface area contributed by atoms with Gasteiger partial charge in [-0.25, -0.2) is 4.79 Å². The number of benzene rings is 2. The van der Waals surface area contributed by atoms with Crippen LogP contribution in [-0.4, -0.2) is 42.6 Å². The summed E-state index contributed by atoms with van der Waals surface area (Å²) in [6.07, 6.45) is 2.11. The van der Waals surface area contributed by atoms with Crippen LogP contribution < -0.4 is 0 Å². The minimum Gasteiger partial charge on any atom is -0.488 e. The predicted molar refractivity (Wildman–Crippen MR) is 99.2 cm³/mol. The van der Waals surface area contributed by atoms with E-state index in [4.69, 9.17) is 9.47 Å². The quantitative estimate of drug-likeness (QED) is 0.822. The molecule has 0 aromatic heterocycles. The molecule has 1 saturated heterocycles. The molecule has 1 atom stereocenters. The lowest BCUT2D eigenvalue weighted by molar-refractivity contribution is -0.121. The summed E-state index contributed by atoms with van der Waals surface area (Å²) in [6.45, 7) is 0.758. The number of hydrogen-bond donors (Lipinski definition) is 0. The molecule has 2 aromatic carbocycles. The van der Waals surface area contributed by atoms with Gasteiger partial charge in [0.25, 0.3) is 0 Å². The van der Waals surface area contributed by atoms with Crippen LogP contribution in [0.2, 0.25) is 0 Å². The summed E-state index contributed by atoms with van der Waals surface area (Å²) in [5.74, 6) is 0.505. The van der Waals surface area contributed by atoms with Gasteiger partial charge in [0.1, 0.15) is 19.0 Å². The molecule has 0 saturated carbocycles. The fourth-order valence-corrected chi connectivity index (χ4v) is 4.32. The van der Waals surface area contributed by atoms with Crippen molar-refractivity contribution in [2.75, 3.05) is 19.8 Å². The summed E-state index contributed by atoms with van der Waals surface area (Å²) in [4.78, 5) is 26.3. The van der Waals surface area contributed by atoms with E-state index in [2.05, 4.69) is 24.3 Å². The summed E-state index contributed by atoms with van der Waals surface area (Å²) in [6, 6.07) is 15.8. The molecule has 5 nitrogen and oxygen atoms in total. The molecule has 3 aliphatic rings. The van der Waals surface area contributed by atoms with Crippen LogP contribution in [0.25, 0.3) is 11.1 Å². The van der Waals surface area contributed by atoms with Crippen LogP contribution >= 0.6 is 0 Å². The normalized spacial score (nSPS) is 20.4. The molecule has 1 unspecified atom stereocenters. The van der Waals surface area contributed by atoms with E-state index in [0.717, 1.165) is 0 Å². The van der Waals surface area contributed by atoms with Gasteiger partial charge in [-0.2, -0.15) is 0 Å². The first kappa shape index (κ1) is 16.1. The van der Waals surface area contributed by atoms with Gasteiger partial charge < -0.3 is 9.47 Å². The Morgan fingerprint density at radius 1 is 1.07 bits per heavy atom. The fraction of sp³-hybridized carbons (Fsp3) is 0.273. The average molecular weight is 361 g/mol. The molecule has 0 radical (unpaired) electrons. The zero-order valence-electron chi connectivity index (χ0n) is 14.8. The highest BCUT2D eigenvalue weighted by atomic mass is 16.6. The molecule has 1 aliphatic carbocycles. The number of carbonyl (C=O) groups is 2. The second-order valence-corrected chi connectivity index (χ2v) is 7.05. The van der Waals surface area contributed by atoms with Crippen LogP contribution in [0.5, 0.6) is 0 Å². The Hall–Kier alpha value is -3.08. The first-order chi connectivity index (χ1) is 13.2. The second-order valence-electron chi connectivity index (χ2n) is 7.05. The number of amides is 1. The number of ketones is 1. The molecule has 1 amide bonds. The van der Waals surface area contributed by atoms with Crippen molar-refractivity contribution in [1.82, 2.24) is 4.90 Å². The Morgan fingerprint density at radius 2 is 1.74 bits per heavy atom. The third-order valence-corrected chi connectivity index (χ3v) is 5.55. The molecule has 5 rings (SSSR count). The fourth-order valence-electron chi connectivity index (χ4n) is 4.32. The van der Waals surface area contributed by atoms with Crippen molar-refractivity contribution in [3.05, 3.63) is 71.5 Å². The Labute approximate surface area is 157 Å². The highest BCUT2D eigenvalue weighted by Gasteiger charge is 2.42. The lowest BCUT2D eigenvalue weighted by atomic mass is 9.98. The molecule has 5 heteroatoms. The first-order valence-electron chi connectivity index (χ1n) is 9.21. The minimum absolute atomic E-state index is 0.0108. The van der Waals surface area contributed by atoms with Gasteiger partial charge in [0.15, 0.2) is 11.8 Å². The van der Waals surface area contributed by atoms with Crippen molar-refractivity contribution >= 4 is 11.9 Å². The third kappa shape index (κ3) is 2.53. The van der Waals surface area contributed by atoms with Crippen LogP contribution in [0, 0.1) is 0 Å². The van der Waals surface area contributed by atoms with Crippen LogP contribution in [0.1, 0.15) is 23.5 Å². The number of ether oxygens (including phenoxy) is 2. The number of hydrogen-bond acceptors (Lipinski definition) is 4. The molecule has 136 valence electrons. The lowest BCUT2D eigenvalue weighted by Crippen LogP contribution is -2.46. The summed E-state index contributed by atoms with van der Waals surface area (Å²) in [5, 5.41) is 0. The highest BCUT2D eigenvalue weighted by molar-refractivity contribution is 5.93. The van der Waals surface area contributed by atoms with Crippen molar-refractivity contribution in [3.8, 4) is 11.1 Å². The number of carbonyl (C=O) groups excluding carboxylic acids is 2. The van der Waals surface area contributed by atoms with Gasteiger partial charge in [-0.1, -0.05) is 48.5 Å². The Bertz CT molecular complexity index is 919. The monoisotopic (exact) mass is 361 g/mol. The molecule has 2 aromatic rings. The minimum atomic E-state index is -0.616. The summed E-state index contributed by atoms with van der Waals surface area (Å²) >= 11 is 0. The summed E-state index contributed by atoms with van der Waals surface area (Å²) < 4.78 is 11.1. The van der Waals surface area contributed by atoms with Gasteiger partial charge in [-0.05, 0) is 34.8 Å². The standard InChI is InChI=1S/C22H19NO4/c24-19-13-26-20-10-5-11-23(21(19)20)22(25)27-12-18-16-8-3-1-6-14(16)15-7-2-4-9-17(15)18/h1-4,6-10,18,21H,5,11-13H2. The average Bonchev–Trinajstić information content (AvgIpc) is 3.25. The summed E-state index contributed by atoms with van der Waals surface area (Å²) in [7, 11) is 0. The molecule has 2 heterocycles. The van der Waals surface area contributed by atoms with E-state index in [0.29, 0.717) is 18.7 Å². The van der Waals surface area contributed by atoms with Gasteiger partial charge >= 0.3 is 6.09 Å². The summed E-state index contributed by atoms with van der Waals surface area (Å²) in [5.41, 5.74) is 4.73. The zero-order chi connectivity index (χ0) is 18.4. The van der Waals surface area contributed by atoms with E-state index in [1.165, 1.54) is 27.2 Å².